The summed E-state index contributed by atoms with van der Waals surface area (Å²) in [5.41, 5.74) is 5.30. The van der Waals surface area contributed by atoms with Crippen molar-refractivity contribution in [3.05, 3.63) is 119 Å². The number of hydrogen-bond donors (Lipinski definition) is 1. The number of aromatic nitrogens is 2. The number of halogens is 2. The van der Waals surface area contributed by atoms with Crippen molar-refractivity contribution in [2.24, 2.45) is 0 Å². The second-order valence-corrected chi connectivity index (χ2v) is 9.71. The maximum Gasteiger partial charge on any atom is 0.309 e. The third kappa shape index (κ3) is 5.37. The maximum absolute atomic E-state index is 15.1. The lowest BCUT2D eigenvalue weighted by atomic mass is 10.0. The number of anilines is 1. The number of nitrogens with zero attached hydrogens (tertiary/aromatic N) is 2. The first-order valence-electron chi connectivity index (χ1n) is 12.5. The zero-order valence-corrected chi connectivity index (χ0v) is 22.8. The zero-order valence-electron chi connectivity index (χ0n) is 22.0. The average molecular weight is 554 g/mol. The van der Waals surface area contributed by atoms with Crippen molar-refractivity contribution in [3.63, 3.8) is 0 Å². The smallest absolute Gasteiger partial charge is 0.309 e. The van der Waals surface area contributed by atoms with Gasteiger partial charge in [0.25, 0.3) is 5.91 Å². The second kappa shape index (κ2) is 11.2. The summed E-state index contributed by atoms with van der Waals surface area (Å²) in [6.45, 7) is 5.23. The lowest BCUT2D eigenvalue weighted by molar-refractivity contribution is -0.132. The monoisotopic (exact) mass is 553 g/mol. The van der Waals surface area contributed by atoms with Crippen LogP contribution in [-0.4, -0.2) is 21.7 Å². The summed E-state index contributed by atoms with van der Waals surface area (Å²) in [6.07, 6.45) is 0. The molecule has 200 valence electrons. The molecule has 8 heteroatoms. The van der Waals surface area contributed by atoms with E-state index in [2.05, 4.69) is 5.32 Å². The Morgan fingerprint density at radius 3 is 2.27 bits per heavy atom. The predicted octanol–water partition coefficient (Wildman–Crippen LogP) is 7.79. The number of ether oxygens (including phenoxy) is 1. The maximum atomic E-state index is 15.1. The first kappa shape index (κ1) is 26.8. The molecule has 1 N–H and O–H groups in total. The van der Waals surface area contributed by atoms with Crippen molar-refractivity contribution in [1.29, 1.82) is 0 Å². The van der Waals surface area contributed by atoms with E-state index in [9.17, 15) is 9.59 Å². The van der Waals surface area contributed by atoms with Crippen LogP contribution in [0.4, 0.5) is 10.1 Å². The van der Waals surface area contributed by atoms with Crippen LogP contribution < -0.4 is 10.1 Å². The summed E-state index contributed by atoms with van der Waals surface area (Å²) in [4.78, 5) is 25.0. The van der Waals surface area contributed by atoms with Gasteiger partial charge in [-0.1, -0.05) is 48.0 Å². The number of aryl methyl sites for hydroxylation is 1. The topological polar surface area (TPSA) is 73.2 Å². The van der Waals surface area contributed by atoms with Crippen molar-refractivity contribution in [1.82, 2.24) is 9.78 Å². The van der Waals surface area contributed by atoms with Crippen molar-refractivity contribution < 1.29 is 18.7 Å². The van der Waals surface area contributed by atoms with Crippen LogP contribution in [-0.2, 0) is 4.79 Å². The van der Waals surface area contributed by atoms with Gasteiger partial charge in [-0.15, -0.1) is 0 Å². The largest absolute Gasteiger partial charge is 0.407 e. The van der Waals surface area contributed by atoms with Gasteiger partial charge in [0, 0.05) is 28.8 Å². The molecule has 0 saturated carbocycles. The van der Waals surface area contributed by atoms with Crippen molar-refractivity contribution in [2.75, 3.05) is 5.32 Å². The van der Waals surface area contributed by atoms with E-state index in [1.807, 2.05) is 32.0 Å². The fourth-order valence-electron chi connectivity index (χ4n) is 4.39. The van der Waals surface area contributed by atoms with Crippen LogP contribution in [0.25, 0.3) is 28.1 Å². The Hall–Kier alpha value is -4.75. The van der Waals surface area contributed by atoms with E-state index < -0.39 is 11.8 Å². The number of nitrogens with one attached hydrogen (secondary N) is 1. The molecule has 1 heterocycles. The van der Waals surface area contributed by atoms with E-state index in [-0.39, 0.29) is 17.4 Å². The molecular formula is C32H25ClFN3O3. The van der Waals surface area contributed by atoms with Crippen LogP contribution in [0.1, 0.15) is 28.4 Å². The molecule has 0 aliphatic heterocycles. The molecule has 0 radical (unpaired) electrons. The number of benzene rings is 4. The van der Waals surface area contributed by atoms with Crippen molar-refractivity contribution in [2.45, 2.75) is 20.8 Å². The van der Waals surface area contributed by atoms with Gasteiger partial charge in [0.05, 0.1) is 11.3 Å². The molecule has 5 aromatic rings. The lowest BCUT2D eigenvalue weighted by Gasteiger charge is -2.13. The number of carbonyl (C=O) groups is 2. The number of hydrogen-bond acceptors (Lipinski definition) is 4. The van der Waals surface area contributed by atoms with Crippen LogP contribution in [0.15, 0.2) is 91.0 Å². The standard InChI is InChI=1S/C32H25ClFN3O3/c1-19-7-6-10-28(20(19)2)37-32(40-21(3)38)29(30(36-37)26-8-4-5-9-27(26)34)22-13-17-25(18-14-22)35-31(39)23-11-15-24(33)16-12-23/h4-18H,1-3H3,(H,35,39). The van der Waals surface area contributed by atoms with Gasteiger partial charge in [0.1, 0.15) is 11.5 Å². The number of carbonyl (C=O) groups excluding carboxylic acids is 2. The zero-order chi connectivity index (χ0) is 28.4. The van der Waals surface area contributed by atoms with Gasteiger partial charge in [-0.3, -0.25) is 9.59 Å². The van der Waals surface area contributed by atoms with Crippen molar-refractivity contribution >= 4 is 29.2 Å². The van der Waals surface area contributed by atoms with Gasteiger partial charge in [-0.05, 0) is 85.1 Å². The highest BCUT2D eigenvalue weighted by atomic mass is 35.5. The van der Waals surface area contributed by atoms with Crippen LogP contribution in [0.2, 0.25) is 5.02 Å². The molecule has 0 spiro atoms. The summed E-state index contributed by atoms with van der Waals surface area (Å²) in [5, 5.41) is 8.17. The van der Waals surface area contributed by atoms with Crippen LogP contribution in [0.5, 0.6) is 5.88 Å². The Labute approximate surface area is 236 Å². The SMILES string of the molecule is CC(=O)Oc1c(-c2ccc(NC(=O)c3ccc(Cl)cc3)cc2)c(-c2ccccc2F)nn1-c1cccc(C)c1C. The molecule has 4 aromatic carbocycles. The molecule has 0 bridgehead atoms. The normalized spacial score (nSPS) is 10.8. The minimum Gasteiger partial charge on any atom is -0.407 e. The van der Waals surface area contributed by atoms with Crippen LogP contribution >= 0.6 is 11.6 Å². The highest BCUT2D eigenvalue weighted by Gasteiger charge is 2.26. The molecular weight excluding hydrogens is 529 g/mol. The molecule has 0 atom stereocenters. The molecule has 1 aromatic heterocycles. The Kier molecular flexibility index (Phi) is 7.49. The average Bonchev–Trinajstić information content (AvgIpc) is 3.29. The second-order valence-electron chi connectivity index (χ2n) is 9.27. The van der Waals surface area contributed by atoms with E-state index >= 15 is 4.39 Å². The third-order valence-corrected chi connectivity index (χ3v) is 6.81. The Balaban J connectivity index is 1.64. The highest BCUT2D eigenvalue weighted by molar-refractivity contribution is 6.30. The molecule has 6 nitrogen and oxygen atoms in total. The van der Waals surface area contributed by atoms with Crippen molar-refractivity contribution in [3.8, 4) is 34.0 Å². The van der Waals surface area contributed by atoms with E-state index in [4.69, 9.17) is 21.4 Å². The van der Waals surface area contributed by atoms with Gasteiger partial charge in [-0.2, -0.15) is 9.78 Å². The number of rotatable bonds is 6. The lowest BCUT2D eigenvalue weighted by Crippen LogP contribution is -2.11. The fourth-order valence-corrected chi connectivity index (χ4v) is 4.51. The molecule has 0 aliphatic carbocycles. The summed E-state index contributed by atoms with van der Waals surface area (Å²) >= 11 is 5.93. The molecule has 40 heavy (non-hydrogen) atoms. The van der Waals surface area contributed by atoms with E-state index in [0.29, 0.717) is 38.8 Å². The Bertz CT molecular complexity index is 1730. The first-order chi connectivity index (χ1) is 19.2. The summed E-state index contributed by atoms with van der Waals surface area (Å²) in [7, 11) is 0. The van der Waals surface area contributed by atoms with E-state index in [1.165, 1.54) is 17.7 Å². The van der Waals surface area contributed by atoms with E-state index in [1.54, 1.807) is 66.7 Å². The quantitative estimate of drug-likeness (QED) is 0.218. The molecule has 0 aliphatic rings. The number of amides is 1. The third-order valence-electron chi connectivity index (χ3n) is 6.55. The van der Waals surface area contributed by atoms with Gasteiger partial charge >= 0.3 is 5.97 Å². The molecule has 0 fully saturated rings. The molecule has 1 amide bonds. The van der Waals surface area contributed by atoms with Gasteiger partial charge in [0.15, 0.2) is 0 Å². The summed E-state index contributed by atoms with van der Waals surface area (Å²) < 4.78 is 22.4. The Morgan fingerprint density at radius 1 is 0.900 bits per heavy atom. The van der Waals surface area contributed by atoms with Gasteiger partial charge in [-0.25, -0.2) is 4.39 Å². The Morgan fingerprint density at radius 2 is 1.60 bits per heavy atom. The van der Waals surface area contributed by atoms with Crippen LogP contribution in [0, 0.1) is 19.7 Å². The molecule has 5 rings (SSSR count). The van der Waals surface area contributed by atoms with Crippen LogP contribution in [0.3, 0.4) is 0 Å². The summed E-state index contributed by atoms with van der Waals surface area (Å²) in [5.74, 6) is -1.13. The van der Waals surface area contributed by atoms with E-state index in [0.717, 1.165) is 11.1 Å². The number of esters is 1. The summed E-state index contributed by atoms with van der Waals surface area (Å²) in [6, 6.07) is 25.6. The predicted molar refractivity (Wildman–Crippen MR) is 155 cm³/mol. The first-order valence-corrected chi connectivity index (χ1v) is 12.9. The molecule has 0 unspecified atom stereocenters. The van der Waals surface area contributed by atoms with Gasteiger partial charge in [0.2, 0.25) is 5.88 Å². The minimum absolute atomic E-state index is 0.164. The molecule has 0 saturated heterocycles. The highest BCUT2D eigenvalue weighted by Crippen LogP contribution is 2.42. The fraction of sp³-hybridized carbons (Fsp3) is 0.0938. The van der Waals surface area contributed by atoms with Gasteiger partial charge < -0.3 is 10.1 Å². The minimum atomic E-state index is -0.542.